The molecule has 27 heavy (non-hydrogen) atoms. The molecular weight excluding hydrogens is 340 g/mol. The van der Waals surface area contributed by atoms with Gasteiger partial charge in [-0.2, -0.15) is 0 Å². The average Bonchev–Trinajstić information content (AvgIpc) is 2.73. The molecule has 0 aliphatic heterocycles. The Kier molecular flexibility index (Phi) is 5.15. The molecule has 0 saturated carbocycles. The molecule has 2 aromatic heterocycles. The van der Waals surface area contributed by atoms with Crippen LogP contribution in [0, 0.1) is 20.8 Å². The number of primary amides is 1. The Labute approximate surface area is 165 Å². The van der Waals surface area contributed by atoms with Crippen LogP contribution in [0.4, 0.5) is 0 Å². The van der Waals surface area contributed by atoms with E-state index in [1.807, 2.05) is 13.8 Å². The zero-order valence-electron chi connectivity index (χ0n) is 19.8. The zero-order chi connectivity index (χ0) is 22.9. The van der Waals surface area contributed by atoms with Crippen molar-refractivity contribution in [1.82, 2.24) is 15.3 Å². The maximum absolute atomic E-state index is 13.1. The molecular formula is C21H29N4O2+. The summed E-state index contributed by atoms with van der Waals surface area (Å²) in [6.45, 7) is 10.3. The minimum absolute atomic E-state index is 0.176. The SMILES string of the molecule is [2H]N(C(=O)c1cnc(C)c(C)c1)C(C)C(C)(CC)[N+]([2H])([2H])C(=O)c1cnccc1C. The largest absolute Gasteiger partial charge is 0.355 e. The molecule has 2 heterocycles. The van der Waals surface area contributed by atoms with E-state index in [2.05, 4.69) is 9.97 Å². The van der Waals surface area contributed by atoms with Crippen LogP contribution in [-0.2, 0) is 0 Å². The Morgan fingerprint density at radius 2 is 2.04 bits per heavy atom. The summed E-state index contributed by atoms with van der Waals surface area (Å²) >= 11 is 0. The molecule has 0 spiro atoms. The van der Waals surface area contributed by atoms with Gasteiger partial charge in [-0.05, 0) is 57.9 Å². The Bertz CT molecular complexity index is 967. The standard InChI is InChI=1S/C21H28N4O2/c1-7-21(6,25-20(27)18-12-22-9-8-13(18)2)16(5)24-19(26)17-10-14(3)15(4)23-11-17/h8-12,16H,7H2,1-6H3,(H,24,26)(H,25,27)/p+1/i/hD3. The number of carbonyl (C=O) groups is 2. The smallest absolute Gasteiger partial charge is 0.343 e. The van der Waals surface area contributed by atoms with Crippen molar-refractivity contribution in [2.24, 2.45) is 0 Å². The van der Waals surface area contributed by atoms with E-state index in [1.54, 1.807) is 39.8 Å². The number of nitrogens with one attached hydrogen (secondary N) is 1. The summed E-state index contributed by atoms with van der Waals surface area (Å²) in [5, 5.41) is -0.764. The fraction of sp³-hybridized carbons (Fsp3) is 0.429. The molecule has 2 amide bonds. The highest BCUT2D eigenvalue weighted by molar-refractivity contribution is 5.94. The molecule has 0 aromatic carbocycles. The third kappa shape index (κ3) is 4.77. The normalized spacial score (nSPS) is 16.4. The summed E-state index contributed by atoms with van der Waals surface area (Å²) in [6, 6.07) is 2.40. The van der Waals surface area contributed by atoms with Gasteiger partial charge in [0.1, 0.15) is 11.1 Å². The van der Waals surface area contributed by atoms with Crippen LogP contribution in [0.3, 0.4) is 0 Å². The molecule has 6 nitrogen and oxygen atoms in total. The molecule has 2 aromatic rings. The topological polar surface area (TPSA) is 88.6 Å². The van der Waals surface area contributed by atoms with Crippen molar-refractivity contribution in [3.63, 3.8) is 0 Å². The third-order valence-electron chi connectivity index (χ3n) is 5.14. The van der Waals surface area contributed by atoms with E-state index in [-0.39, 0.29) is 17.5 Å². The highest BCUT2D eigenvalue weighted by atomic mass is 16.2. The lowest BCUT2D eigenvalue weighted by Gasteiger charge is -2.32. The highest BCUT2D eigenvalue weighted by Crippen LogP contribution is 2.13. The summed E-state index contributed by atoms with van der Waals surface area (Å²) in [7, 11) is 0. The second kappa shape index (κ2) is 8.39. The van der Waals surface area contributed by atoms with Gasteiger partial charge >= 0.3 is 8.73 Å². The second-order valence-electron chi connectivity index (χ2n) is 7.05. The van der Waals surface area contributed by atoms with Crippen LogP contribution in [0.1, 0.15) is 64.7 Å². The van der Waals surface area contributed by atoms with Crippen molar-refractivity contribution in [1.29, 1.82) is 0 Å². The van der Waals surface area contributed by atoms with Crippen molar-refractivity contribution in [3.8, 4) is 0 Å². The van der Waals surface area contributed by atoms with Crippen molar-refractivity contribution in [2.75, 3.05) is 0 Å². The van der Waals surface area contributed by atoms with Crippen LogP contribution in [0.15, 0.2) is 30.7 Å². The zero-order valence-corrected chi connectivity index (χ0v) is 16.8. The lowest BCUT2D eigenvalue weighted by Crippen LogP contribution is -3.02. The van der Waals surface area contributed by atoms with Crippen LogP contribution in [0.5, 0.6) is 0 Å². The molecule has 0 aliphatic rings. The van der Waals surface area contributed by atoms with Crippen LogP contribution in [-0.4, -0.2) is 33.4 Å². The van der Waals surface area contributed by atoms with E-state index < -0.39 is 28.7 Å². The fourth-order valence-corrected chi connectivity index (χ4v) is 2.60. The summed E-state index contributed by atoms with van der Waals surface area (Å²) in [6.07, 6.45) is 4.52. The Morgan fingerprint density at radius 1 is 1.33 bits per heavy atom. The van der Waals surface area contributed by atoms with Gasteiger partial charge in [0.15, 0.2) is 1.41 Å². The Hall–Kier alpha value is -2.60. The minimum Gasteiger partial charge on any atom is -0.343 e. The number of quaternary nitrogens is 1. The molecule has 0 fully saturated rings. The monoisotopic (exact) mass is 372 g/mol. The summed E-state index contributed by atoms with van der Waals surface area (Å²) in [4.78, 5) is 34.2. The molecule has 0 saturated heterocycles. The van der Waals surface area contributed by atoms with E-state index in [9.17, 15) is 9.59 Å². The third-order valence-corrected chi connectivity index (χ3v) is 5.14. The number of rotatable bonds is 6. The molecule has 6 heteroatoms. The molecule has 0 radical (unpaired) electrons. The number of pyridine rings is 2. The van der Waals surface area contributed by atoms with Gasteiger partial charge in [0.2, 0.25) is 0 Å². The Morgan fingerprint density at radius 3 is 2.63 bits per heavy atom. The number of hydrogen-bond acceptors (Lipinski definition) is 4. The van der Waals surface area contributed by atoms with Gasteiger partial charge in [-0.3, -0.25) is 20.1 Å². The first-order valence-electron chi connectivity index (χ1n) is 10.4. The summed E-state index contributed by atoms with van der Waals surface area (Å²) < 4.78 is 25.7. The first-order chi connectivity index (χ1) is 13.9. The van der Waals surface area contributed by atoms with Crippen molar-refractivity contribution >= 4 is 11.8 Å². The lowest BCUT2D eigenvalue weighted by atomic mass is 9.89. The lowest BCUT2D eigenvalue weighted by molar-refractivity contribution is -0.638. The van der Waals surface area contributed by atoms with Gasteiger partial charge in [0, 0.05) is 30.7 Å². The first kappa shape index (κ1) is 16.6. The van der Waals surface area contributed by atoms with Crippen LogP contribution in [0.2, 0.25) is 4.24 Å². The van der Waals surface area contributed by atoms with Gasteiger partial charge in [-0.15, -0.1) is 0 Å². The van der Waals surface area contributed by atoms with E-state index in [4.69, 9.17) is 4.24 Å². The number of aryl methyl sites for hydroxylation is 3. The quantitative estimate of drug-likeness (QED) is 0.813. The van der Waals surface area contributed by atoms with Gasteiger partial charge in [-0.1, -0.05) is 6.92 Å². The summed E-state index contributed by atoms with van der Waals surface area (Å²) in [5.74, 6) is -1.35. The number of nitrogens with two attached hydrogens (primary N) is 1. The maximum atomic E-state index is 13.1. The van der Waals surface area contributed by atoms with Crippen LogP contribution < -0.4 is 10.6 Å². The van der Waals surface area contributed by atoms with E-state index in [1.165, 1.54) is 18.6 Å². The number of carbonyl (C=O) groups excluding carboxylic acids is 2. The molecule has 2 unspecified atom stereocenters. The van der Waals surface area contributed by atoms with E-state index in [0.717, 1.165) is 16.6 Å². The molecule has 2 atom stereocenters. The van der Waals surface area contributed by atoms with Gasteiger partial charge < -0.3 is 5.31 Å². The fourth-order valence-electron chi connectivity index (χ4n) is 2.60. The highest BCUT2D eigenvalue weighted by Gasteiger charge is 2.37. The van der Waals surface area contributed by atoms with E-state index in [0.29, 0.717) is 5.56 Å². The molecule has 3 N–H and O–H groups in total. The van der Waals surface area contributed by atoms with E-state index >= 15 is 0 Å². The average molecular weight is 373 g/mol. The molecule has 0 aliphatic carbocycles. The van der Waals surface area contributed by atoms with Gasteiger partial charge in [0.05, 0.1) is 11.6 Å². The molecule has 0 bridgehead atoms. The van der Waals surface area contributed by atoms with Gasteiger partial charge in [0.25, 0.3) is 5.91 Å². The van der Waals surface area contributed by atoms with Gasteiger partial charge in [-0.25, -0.2) is 4.79 Å². The summed E-state index contributed by atoms with van der Waals surface area (Å²) in [5.41, 5.74) is 1.29. The molecule has 144 valence electrons. The maximum Gasteiger partial charge on any atom is 0.355 e. The molecule has 2 rings (SSSR count). The Balaban J connectivity index is 2.41. The first-order valence-corrected chi connectivity index (χ1v) is 9.04. The number of aromatic nitrogens is 2. The predicted molar refractivity (Wildman–Crippen MR) is 105 cm³/mol. The van der Waals surface area contributed by atoms with Crippen molar-refractivity contribution in [3.05, 3.63) is 58.7 Å². The van der Waals surface area contributed by atoms with Crippen LogP contribution in [0.25, 0.3) is 0 Å². The predicted octanol–water partition coefficient (Wildman–Crippen LogP) is 2.09. The number of hydrogen-bond donors (Lipinski definition) is 2. The number of nitrogens with zero attached hydrogens (tertiary/aromatic N) is 2. The number of amides is 2. The van der Waals surface area contributed by atoms with Crippen molar-refractivity contribution in [2.45, 2.75) is 59.5 Å². The second-order valence-corrected chi connectivity index (χ2v) is 7.05. The minimum atomic E-state index is -1.51. The van der Waals surface area contributed by atoms with Crippen molar-refractivity contribution < 1.29 is 19.1 Å². The van der Waals surface area contributed by atoms with Crippen LogP contribution >= 0.6 is 0 Å².